The molecule has 0 spiro atoms. The number of nitrogen functional groups attached to an aromatic ring is 1. The molecular weight excluding hydrogens is 248 g/mol. The second kappa shape index (κ2) is 5.45. The normalized spacial score (nSPS) is 11.0. The van der Waals surface area contributed by atoms with Gasteiger partial charge in [0, 0.05) is 17.3 Å². The third-order valence-corrected chi connectivity index (χ3v) is 2.97. The third kappa shape index (κ3) is 2.78. The fraction of sp³-hybridized carbons (Fsp3) is 0. The number of hydrogen-bond donors (Lipinski definition) is 1. The van der Waals surface area contributed by atoms with Crippen LogP contribution in [-0.4, -0.2) is 4.98 Å². The largest absolute Gasteiger partial charge is 0.465 e. The molecule has 1 heterocycles. The standard InChI is InChI=1S/C17H14N2O/c18-15-4-6-16(7-5-15)20-11-9-13-3-8-17-14(12-13)2-1-10-19-17/h1-12H,18H2. The zero-order chi connectivity index (χ0) is 13.8. The summed E-state index contributed by atoms with van der Waals surface area (Å²) in [5.41, 5.74) is 8.41. The lowest BCUT2D eigenvalue weighted by molar-refractivity contribution is 0.485. The van der Waals surface area contributed by atoms with Gasteiger partial charge < -0.3 is 10.5 Å². The highest BCUT2D eigenvalue weighted by atomic mass is 16.5. The van der Waals surface area contributed by atoms with Gasteiger partial charge in [-0.2, -0.15) is 0 Å². The Bertz CT molecular complexity index is 748. The molecule has 0 aliphatic heterocycles. The van der Waals surface area contributed by atoms with Crippen LogP contribution >= 0.6 is 0 Å². The first kappa shape index (κ1) is 12.2. The number of nitrogens with two attached hydrogens (primary N) is 1. The Balaban J connectivity index is 1.75. The maximum atomic E-state index is 5.62. The van der Waals surface area contributed by atoms with Crippen molar-refractivity contribution >= 4 is 22.7 Å². The molecule has 0 saturated carbocycles. The molecular formula is C17H14N2O. The Morgan fingerprint density at radius 3 is 2.70 bits per heavy atom. The highest BCUT2D eigenvalue weighted by molar-refractivity contribution is 5.80. The van der Waals surface area contributed by atoms with E-state index in [1.807, 2.05) is 54.6 Å². The monoisotopic (exact) mass is 262 g/mol. The summed E-state index contributed by atoms with van der Waals surface area (Å²) in [6.07, 6.45) is 5.38. The summed E-state index contributed by atoms with van der Waals surface area (Å²) in [6, 6.07) is 17.4. The predicted molar refractivity (Wildman–Crippen MR) is 82.3 cm³/mol. The molecule has 0 fully saturated rings. The molecule has 98 valence electrons. The number of nitrogens with zero attached hydrogens (tertiary/aromatic N) is 1. The van der Waals surface area contributed by atoms with Crippen molar-refractivity contribution in [2.75, 3.05) is 5.73 Å². The predicted octanol–water partition coefficient (Wildman–Crippen LogP) is 3.87. The average Bonchev–Trinajstić information content (AvgIpc) is 2.49. The molecule has 3 heteroatoms. The van der Waals surface area contributed by atoms with Crippen molar-refractivity contribution < 1.29 is 4.74 Å². The van der Waals surface area contributed by atoms with Crippen molar-refractivity contribution in [1.29, 1.82) is 0 Å². The van der Waals surface area contributed by atoms with Crippen LogP contribution in [-0.2, 0) is 0 Å². The van der Waals surface area contributed by atoms with Gasteiger partial charge in [0.15, 0.2) is 0 Å². The maximum Gasteiger partial charge on any atom is 0.126 e. The molecule has 0 aliphatic carbocycles. The van der Waals surface area contributed by atoms with E-state index < -0.39 is 0 Å². The number of benzene rings is 2. The first-order valence-electron chi connectivity index (χ1n) is 6.35. The Morgan fingerprint density at radius 1 is 1.00 bits per heavy atom. The van der Waals surface area contributed by atoms with Crippen molar-refractivity contribution in [2.45, 2.75) is 0 Å². The number of aromatic nitrogens is 1. The summed E-state index contributed by atoms with van der Waals surface area (Å²) in [5.74, 6) is 0.762. The molecule has 0 saturated heterocycles. The molecule has 2 aromatic carbocycles. The van der Waals surface area contributed by atoms with Crippen molar-refractivity contribution in [1.82, 2.24) is 4.98 Å². The van der Waals surface area contributed by atoms with Crippen LogP contribution in [0.25, 0.3) is 17.0 Å². The van der Waals surface area contributed by atoms with Crippen LogP contribution in [0.4, 0.5) is 5.69 Å². The lowest BCUT2D eigenvalue weighted by Gasteiger charge is -2.01. The summed E-state index contributed by atoms with van der Waals surface area (Å²) >= 11 is 0. The quantitative estimate of drug-likeness (QED) is 0.576. The molecule has 1 aromatic heterocycles. The van der Waals surface area contributed by atoms with E-state index in [2.05, 4.69) is 11.1 Å². The molecule has 0 unspecified atom stereocenters. The van der Waals surface area contributed by atoms with Gasteiger partial charge in [0.2, 0.25) is 0 Å². The van der Waals surface area contributed by atoms with Crippen LogP contribution in [0.2, 0.25) is 0 Å². The fourth-order valence-corrected chi connectivity index (χ4v) is 1.94. The molecule has 3 aromatic rings. The number of hydrogen-bond acceptors (Lipinski definition) is 3. The van der Waals surface area contributed by atoms with E-state index in [9.17, 15) is 0 Å². The lowest BCUT2D eigenvalue weighted by atomic mass is 10.1. The topological polar surface area (TPSA) is 48.1 Å². The van der Waals surface area contributed by atoms with E-state index in [-0.39, 0.29) is 0 Å². The van der Waals surface area contributed by atoms with Crippen molar-refractivity contribution in [3.05, 3.63) is 72.6 Å². The Kier molecular flexibility index (Phi) is 3.33. The van der Waals surface area contributed by atoms with Crippen molar-refractivity contribution in [3.8, 4) is 5.75 Å². The average molecular weight is 262 g/mol. The van der Waals surface area contributed by atoms with Crippen molar-refractivity contribution in [3.63, 3.8) is 0 Å². The molecule has 0 bridgehead atoms. The summed E-state index contributed by atoms with van der Waals surface area (Å²) in [4.78, 5) is 4.29. The van der Waals surface area contributed by atoms with E-state index in [4.69, 9.17) is 10.5 Å². The maximum absolute atomic E-state index is 5.62. The zero-order valence-corrected chi connectivity index (χ0v) is 10.9. The summed E-state index contributed by atoms with van der Waals surface area (Å²) in [7, 11) is 0. The van der Waals surface area contributed by atoms with E-state index >= 15 is 0 Å². The van der Waals surface area contributed by atoms with E-state index in [0.29, 0.717) is 0 Å². The van der Waals surface area contributed by atoms with Gasteiger partial charge in [-0.1, -0.05) is 12.1 Å². The molecule has 20 heavy (non-hydrogen) atoms. The highest BCUT2D eigenvalue weighted by Gasteiger charge is 1.94. The number of fused-ring (bicyclic) bond motifs is 1. The van der Waals surface area contributed by atoms with E-state index in [0.717, 1.165) is 27.9 Å². The molecule has 3 rings (SSSR count). The van der Waals surface area contributed by atoms with Crippen LogP contribution < -0.4 is 10.5 Å². The molecule has 0 aliphatic rings. The Morgan fingerprint density at radius 2 is 1.85 bits per heavy atom. The summed E-state index contributed by atoms with van der Waals surface area (Å²) in [6.45, 7) is 0. The fourth-order valence-electron chi connectivity index (χ4n) is 1.94. The summed E-state index contributed by atoms with van der Waals surface area (Å²) < 4.78 is 5.53. The van der Waals surface area contributed by atoms with Gasteiger partial charge in [0.05, 0.1) is 11.8 Å². The lowest BCUT2D eigenvalue weighted by Crippen LogP contribution is -1.85. The number of rotatable bonds is 3. The molecule has 2 N–H and O–H groups in total. The zero-order valence-electron chi connectivity index (χ0n) is 10.9. The smallest absolute Gasteiger partial charge is 0.126 e. The minimum Gasteiger partial charge on any atom is -0.465 e. The first-order chi connectivity index (χ1) is 9.81. The number of pyridine rings is 1. The Hall–Kier alpha value is -2.81. The van der Waals surface area contributed by atoms with Crippen LogP contribution in [0.3, 0.4) is 0 Å². The van der Waals surface area contributed by atoms with Gasteiger partial charge in [-0.15, -0.1) is 0 Å². The van der Waals surface area contributed by atoms with Gasteiger partial charge in [-0.3, -0.25) is 4.98 Å². The molecule has 0 atom stereocenters. The minimum absolute atomic E-state index is 0.725. The third-order valence-electron chi connectivity index (χ3n) is 2.97. The number of anilines is 1. The van der Waals surface area contributed by atoms with Crippen LogP contribution in [0, 0.1) is 0 Å². The van der Waals surface area contributed by atoms with Gasteiger partial charge in [0.25, 0.3) is 0 Å². The van der Waals surface area contributed by atoms with Crippen molar-refractivity contribution in [2.24, 2.45) is 0 Å². The molecule has 0 radical (unpaired) electrons. The number of ether oxygens (including phenoxy) is 1. The Labute approximate surface area is 117 Å². The van der Waals surface area contributed by atoms with Gasteiger partial charge in [-0.25, -0.2) is 0 Å². The van der Waals surface area contributed by atoms with Gasteiger partial charge >= 0.3 is 0 Å². The first-order valence-corrected chi connectivity index (χ1v) is 6.35. The second-order valence-electron chi connectivity index (χ2n) is 4.45. The van der Waals surface area contributed by atoms with Gasteiger partial charge in [0.1, 0.15) is 5.75 Å². The molecule has 0 amide bonds. The van der Waals surface area contributed by atoms with Crippen LogP contribution in [0.15, 0.2) is 67.1 Å². The van der Waals surface area contributed by atoms with Gasteiger partial charge in [-0.05, 0) is 54.1 Å². The molecule has 3 nitrogen and oxygen atoms in total. The SMILES string of the molecule is Nc1ccc(OC=Cc2ccc3ncccc3c2)cc1. The second-order valence-corrected chi connectivity index (χ2v) is 4.45. The van der Waals surface area contributed by atoms with E-state index in [1.54, 1.807) is 12.5 Å². The highest BCUT2D eigenvalue weighted by Crippen LogP contribution is 2.16. The van der Waals surface area contributed by atoms with Crippen LogP contribution in [0.5, 0.6) is 5.75 Å². The summed E-state index contributed by atoms with van der Waals surface area (Å²) in [5, 5.41) is 1.11. The minimum atomic E-state index is 0.725. The van der Waals surface area contributed by atoms with E-state index in [1.165, 1.54) is 0 Å². The van der Waals surface area contributed by atoms with Crippen LogP contribution in [0.1, 0.15) is 5.56 Å².